The number of nitrogens with zero attached hydrogens (tertiary/aromatic N) is 1. The van der Waals surface area contributed by atoms with E-state index in [9.17, 15) is 9.90 Å². The summed E-state index contributed by atoms with van der Waals surface area (Å²) in [6.45, 7) is 0. The molecule has 2 N–H and O–H groups in total. The summed E-state index contributed by atoms with van der Waals surface area (Å²) in [5.41, 5.74) is 1.39. The van der Waals surface area contributed by atoms with Crippen molar-refractivity contribution < 1.29 is 9.90 Å². The van der Waals surface area contributed by atoms with E-state index in [1.54, 1.807) is 18.3 Å². The molecule has 4 heteroatoms. The van der Waals surface area contributed by atoms with Crippen LogP contribution < -0.4 is 5.32 Å². The summed E-state index contributed by atoms with van der Waals surface area (Å²) in [7, 11) is 0. The number of benzene rings is 2. The molecule has 116 valence electrons. The zero-order chi connectivity index (χ0) is 15.8. The van der Waals surface area contributed by atoms with Crippen molar-refractivity contribution in [3.63, 3.8) is 0 Å². The molecule has 0 spiro atoms. The second-order valence-electron chi connectivity index (χ2n) is 6.21. The Morgan fingerprint density at radius 1 is 1.09 bits per heavy atom. The first-order valence-corrected chi connectivity index (χ1v) is 8.03. The van der Waals surface area contributed by atoms with Crippen LogP contribution in [0.5, 0.6) is 0 Å². The summed E-state index contributed by atoms with van der Waals surface area (Å²) in [6.07, 6.45) is 8.60. The number of anilines is 1. The summed E-state index contributed by atoms with van der Waals surface area (Å²) in [5, 5.41) is 17.1. The van der Waals surface area contributed by atoms with Crippen molar-refractivity contribution in [2.45, 2.75) is 31.7 Å². The first-order valence-electron chi connectivity index (χ1n) is 8.03. The molecule has 23 heavy (non-hydrogen) atoms. The van der Waals surface area contributed by atoms with Gasteiger partial charge in [0, 0.05) is 34.9 Å². The van der Waals surface area contributed by atoms with Crippen LogP contribution in [0.25, 0.3) is 21.5 Å². The molecule has 0 saturated heterocycles. The third-order valence-electron chi connectivity index (χ3n) is 4.71. The molecule has 1 saturated carbocycles. The predicted molar refractivity (Wildman–Crippen MR) is 92.1 cm³/mol. The van der Waals surface area contributed by atoms with Crippen LogP contribution in [-0.2, 0) is 0 Å². The normalized spacial score (nSPS) is 15.3. The fourth-order valence-corrected chi connectivity index (χ4v) is 3.55. The lowest BCUT2D eigenvalue weighted by Gasteiger charge is -2.17. The lowest BCUT2D eigenvalue weighted by Crippen LogP contribution is -2.14. The standard InChI is InChI=1S/C19H18N2O2/c22-19(23)12-5-6-15-13(9-12)10-18(21-14-3-1-2-4-14)16-7-8-20-11-17(15)16/h5-11,14,21H,1-4H2,(H,22,23). The molecular formula is C19H18N2O2. The van der Waals surface area contributed by atoms with Crippen LogP contribution in [-0.4, -0.2) is 22.1 Å². The molecule has 0 aliphatic heterocycles. The van der Waals surface area contributed by atoms with E-state index < -0.39 is 5.97 Å². The number of fused-ring (bicyclic) bond motifs is 3. The topological polar surface area (TPSA) is 62.2 Å². The minimum Gasteiger partial charge on any atom is -0.478 e. The third-order valence-corrected chi connectivity index (χ3v) is 4.71. The number of hydrogen-bond donors (Lipinski definition) is 2. The Bertz CT molecular complexity index is 898. The number of pyridine rings is 1. The molecule has 1 aliphatic carbocycles. The number of carbonyl (C=O) groups is 1. The number of carboxylic acid groups (broad SMARTS) is 1. The second-order valence-corrected chi connectivity index (χ2v) is 6.21. The molecule has 0 amide bonds. The van der Waals surface area contributed by atoms with Gasteiger partial charge in [0.05, 0.1) is 5.56 Å². The highest BCUT2D eigenvalue weighted by Gasteiger charge is 2.16. The van der Waals surface area contributed by atoms with Gasteiger partial charge in [-0.05, 0) is 47.9 Å². The summed E-state index contributed by atoms with van der Waals surface area (Å²) >= 11 is 0. The summed E-state index contributed by atoms with van der Waals surface area (Å²) in [4.78, 5) is 15.5. The van der Waals surface area contributed by atoms with Crippen LogP contribution in [0.3, 0.4) is 0 Å². The molecule has 0 unspecified atom stereocenters. The Hall–Kier alpha value is -2.62. The van der Waals surface area contributed by atoms with E-state index in [1.165, 1.54) is 25.7 Å². The molecule has 3 aromatic rings. The molecule has 1 fully saturated rings. The Kier molecular flexibility index (Phi) is 3.37. The molecule has 1 aromatic heterocycles. The molecule has 0 atom stereocenters. The fourth-order valence-electron chi connectivity index (χ4n) is 3.55. The lowest BCUT2D eigenvalue weighted by atomic mass is 9.99. The summed E-state index contributed by atoms with van der Waals surface area (Å²) in [6, 6.07) is 9.87. The van der Waals surface area contributed by atoms with Crippen LogP contribution in [0.2, 0.25) is 0 Å². The van der Waals surface area contributed by atoms with Crippen molar-refractivity contribution in [2.24, 2.45) is 0 Å². The van der Waals surface area contributed by atoms with E-state index in [1.807, 2.05) is 18.3 Å². The quantitative estimate of drug-likeness (QED) is 0.702. The van der Waals surface area contributed by atoms with Crippen molar-refractivity contribution in [2.75, 3.05) is 5.32 Å². The maximum atomic E-state index is 11.2. The van der Waals surface area contributed by atoms with Crippen molar-refractivity contribution >= 4 is 33.2 Å². The van der Waals surface area contributed by atoms with Gasteiger partial charge in [0.1, 0.15) is 0 Å². The predicted octanol–water partition coefficient (Wildman–Crippen LogP) is 4.44. The van der Waals surface area contributed by atoms with E-state index in [0.29, 0.717) is 11.6 Å². The van der Waals surface area contributed by atoms with Crippen molar-refractivity contribution in [3.05, 3.63) is 48.3 Å². The van der Waals surface area contributed by atoms with Crippen molar-refractivity contribution in [1.29, 1.82) is 0 Å². The van der Waals surface area contributed by atoms with Gasteiger partial charge in [-0.1, -0.05) is 18.9 Å². The number of aromatic nitrogens is 1. The SMILES string of the molecule is O=C(O)c1ccc2c(c1)cc(NC1CCCC1)c1ccncc12. The molecule has 2 aromatic carbocycles. The molecule has 1 aliphatic rings. The number of aromatic carboxylic acids is 1. The largest absolute Gasteiger partial charge is 0.478 e. The first-order chi connectivity index (χ1) is 11.2. The van der Waals surface area contributed by atoms with Gasteiger partial charge in [-0.2, -0.15) is 0 Å². The zero-order valence-electron chi connectivity index (χ0n) is 12.7. The van der Waals surface area contributed by atoms with Gasteiger partial charge in [-0.3, -0.25) is 4.98 Å². The zero-order valence-corrected chi connectivity index (χ0v) is 12.7. The highest BCUT2D eigenvalue weighted by Crippen LogP contribution is 2.34. The maximum Gasteiger partial charge on any atom is 0.335 e. The Labute approximate surface area is 134 Å². The fraction of sp³-hybridized carbons (Fsp3) is 0.263. The first kappa shape index (κ1) is 14.0. The number of hydrogen-bond acceptors (Lipinski definition) is 3. The molecule has 4 rings (SSSR count). The molecule has 0 bridgehead atoms. The number of rotatable bonds is 3. The average molecular weight is 306 g/mol. The van der Waals surface area contributed by atoms with Crippen LogP contribution in [0, 0.1) is 0 Å². The number of nitrogens with one attached hydrogen (secondary N) is 1. The van der Waals surface area contributed by atoms with Gasteiger partial charge < -0.3 is 10.4 Å². The highest BCUT2D eigenvalue weighted by atomic mass is 16.4. The van der Waals surface area contributed by atoms with Gasteiger partial charge in [0.15, 0.2) is 0 Å². The summed E-state index contributed by atoms with van der Waals surface area (Å²) < 4.78 is 0. The van der Waals surface area contributed by atoms with E-state index in [2.05, 4.69) is 16.4 Å². The lowest BCUT2D eigenvalue weighted by molar-refractivity contribution is 0.0697. The van der Waals surface area contributed by atoms with Crippen LogP contribution in [0.4, 0.5) is 5.69 Å². The van der Waals surface area contributed by atoms with Gasteiger partial charge in [0.2, 0.25) is 0 Å². The maximum absolute atomic E-state index is 11.2. The molecule has 1 heterocycles. The molecule has 4 nitrogen and oxygen atoms in total. The molecular weight excluding hydrogens is 288 g/mol. The molecule has 0 radical (unpaired) electrons. The van der Waals surface area contributed by atoms with Crippen molar-refractivity contribution in [1.82, 2.24) is 4.98 Å². The van der Waals surface area contributed by atoms with E-state index in [-0.39, 0.29) is 0 Å². The van der Waals surface area contributed by atoms with E-state index in [4.69, 9.17) is 0 Å². The highest BCUT2D eigenvalue weighted by molar-refractivity contribution is 6.13. The van der Waals surface area contributed by atoms with E-state index in [0.717, 1.165) is 27.2 Å². The third kappa shape index (κ3) is 2.50. The van der Waals surface area contributed by atoms with Crippen LogP contribution in [0.1, 0.15) is 36.0 Å². The average Bonchev–Trinajstić information content (AvgIpc) is 3.07. The van der Waals surface area contributed by atoms with Gasteiger partial charge >= 0.3 is 5.97 Å². The van der Waals surface area contributed by atoms with E-state index >= 15 is 0 Å². The van der Waals surface area contributed by atoms with Gasteiger partial charge in [-0.15, -0.1) is 0 Å². The monoisotopic (exact) mass is 306 g/mol. The Morgan fingerprint density at radius 2 is 1.91 bits per heavy atom. The second kappa shape index (κ2) is 5.54. The minimum atomic E-state index is -0.900. The van der Waals surface area contributed by atoms with Gasteiger partial charge in [0.25, 0.3) is 0 Å². The van der Waals surface area contributed by atoms with Crippen molar-refractivity contribution in [3.8, 4) is 0 Å². The minimum absolute atomic E-state index is 0.313. The number of carboxylic acids is 1. The van der Waals surface area contributed by atoms with Crippen LogP contribution >= 0.6 is 0 Å². The Balaban J connectivity index is 1.92. The van der Waals surface area contributed by atoms with Crippen LogP contribution in [0.15, 0.2) is 42.7 Å². The van der Waals surface area contributed by atoms with Gasteiger partial charge in [-0.25, -0.2) is 4.79 Å². The summed E-state index contributed by atoms with van der Waals surface area (Å²) in [5.74, 6) is -0.900. The smallest absolute Gasteiger partial charge is 0.335 e. The Morgan fingerprint density at radius 3 is 2.70 bits per heavy atom.